The molecule has 0 aliphatic heterocycles. The first-order chi connectivity index (χ1) is 7.66. The summed E-state index contributed by atoms with van der Waals surface area (Å²) in [6.07, 6.45) is 0.323. The van der Waals surface area contributed by atoms with Crippen LogP contribution in [0.15, 0.2) is 24.4 Å². The van der Waals surface area contributed by atoms with Crippen molar-refractivity contribution in [2.75, 3.05) is 0 Å². The molecule has 0 saturated carbocycles. The van der Waals surface area contributed by atoms with Crippen molar-refractivity contribution in [3.63, 3.8) is 0 Å². The second-order valence-electron chi connectivity index (χ2n) is 2.97. The van der Waals surface area contributed by atoms with Gasteiger partial charge < -0.3 is 9.84 Å². The lowest BCUT2D eigenvalue weighted by Crippen LogP contribution is -2.02. The Bertz CT molecular complexity index is 510. The van der Waals surface area contributed by atoms with Gasteiger partial charge in [0.1, 0.15) is 5.01 Å². The fraction of sp³-hybridized carbons (Fsp3) is 0.100. The lowest BCUT2D eigenvalue weighted by molar-refractivity contribution is 0.145. The molecule has 0 aliphatic rings. The molecule has 16 heavy (non-hydrogen) atoms. The molecule has 1 N–H and O–H groups in total. The minimum atomic E-state index is -1.33. The second kappa shape index (κ2) is 4.28. The minimum absolute atomic E-state index is 0.285. The van der Waals surface area contributed by atoms with Crippen molar-refractivity contribution in [2.24, 2.45) is 0 Å². The molecule has 0 atom stereocenters. The lowest BCUT2D eigenvalue weighted by atomic mass is 10.4. The Balaban J connectivity index is 2.34. The van der Waals surface area contributed by atoms with Gasteiger partial charge in [-0.2, -0.15) is 0 Å². The third kappa shape index (κ3) is 2.17. The van der Waals surface area contributed by atoms with Crippen molar-refractivity contribution < 1.29 is 14.6 Å². The van der Waals surface area contributed by atoms with Crippen LogP contribution in [0.1, 0.15) is 5.69 Å². The third-order valence-corrected chi connectivity index (χ3v) is 2.88. The van der Waals surface area contributed by atoms with Gasteiger partial charge >= 0.3 is 6.16 Å². The zero-order valence-electron chi connectivity index (χ0n) is 8.38. The molecule has 5 nitrogen and oxygen atoms in total. The van der Waals surface area contributed by atoms with Crippen LogP contribution in [0.25, 0.3) is 10.7 Å². The highest BCUT2D eigenvalue weighted by Gasteiger charge is 2.13. The number of carboxylic acid groups (broad SMARTS) is 1. The van der Waals surface area contributed by atoms with Crippen LogP contribution in [0.5, 0.6) is 5.06 Å². The van der Waals surface area contributed by atoms with Crippen LogP contribution in [-0.2, 0) is 0 Å². The van der Waals surface area contributed by atoms with E-state index >= 15 is 0 Å². The van der Waals surface area contributed by atoms with Crippen molar-refractivity contribution >= 4 is 17.5 Å². The number of hydrogen-bond donors (Lipinski definition) is 1. The van der Waals surface area contributed by atoms with Gasteiger partial charge in [0.15, 0.2) is 0 Å². The van der Waals surface area contributed by atoms with E-state index in [1.54, 1.807) is 19.2 Å². The van der Waals surface area contributed by atoms with E-state index in [4.69, 9.17) is 5.11 Å². The molecule has 2 heterocycles. The Labute approximate surface area is 95.4 Å². The molecule has 0 saturated heterocycles. The fourth-order valence-corrected chi connectivity index (χ4v) is 2.05. The van der Waals surface area contributed by atoms with E-state index in [2.05, 4.69) is 14.7 Å². The summed E-state index contributed by atoms with van der Waals surface area (Å²) in [5.41, 5.74) is 1.25. The number of aryl methyl sites for hydroxylation is 1. The van der Waals surface area contributed by atoms with Crippen molar-refractivity contribution in [3.05, 3.63) is 30.1 Å². The van der Waals surface area contributed by atoms with Crippen LogP contribution in [0.3, 0.4) is 0 Å². The molecule has 0 aromatic carbocycles. The highest BCUT2D eigenvalue weighted by molar-refractivity contribution is 7.17. The quantitative estimate of drug-likeness (QED) is 0.811. The molecule has 2 aromatic rings. The molecular formula is C10H8N2O3S. The van der Waals surface area contributed by atoms with Crippen LogP contribution in [0.2, 0.25) is 0 Å². The standard InChI is InChI=1S/C10H8N2O3S/c1-6-9(15-10(13)14)16-8(12-6)7-4-2-3-5-11-7/h2-5H,1H3,(H,13,14). The average Bonchev–Trinajstić information content (AvgIpc) is 2.61. The number of carbonyl (C=O) groups is 1. The molecule has 0 fully saturated rings. The van der Waals surface area contributed by atoms with Gasteiger partial charge in [-0.05, 0) is 19.1 Å². The van der Waals surface area contributed by atoms with Gasteiger partial charge in [0.2, 0.25) is 5.06 Å². The normalized spacial score (nSPS) is 10.1. The van der Waals surface area contributed by atoms with Crippen LogP contribution in [0.4, 0.5) is 4.79 Å². The van der Waals surface area contributed by atoms with Crippen molar-refractivity contribution in [1.82, 2.24) is 9.97 Å². The Morgan fingerprint density at radius 2 is 2.31 bits per heavy atom. The lowest BCUT2D eigenvalue weighted by Gasteiger charge is -1.93. The zero-order chi connectivity index (χ0) is 11.5. The number of hydrogen-bond acceptors (Lipinski definition) is 5. The summed E-state index contributed by atoms with van der Waals surface area (Å²) >= 11 is 1.16. The van der Waals surface area contributed by atoms with Gasteiger partial charge in [0.25, 0.3) is 0 Å². The van der Waals surface area contributed by atoms with Gasteiger partial charge in [-0.1, -0.05) is 17.4 Å². The van der Waals surface area contributed by atoms with Gasteiger partial charge in [-0.3, -0.25) is 4.98 Å². The molecule has 0 spiro atoms. The molecule has 6 heteroatoms. The van der Waals surface area contributed by atoms with Crippen molar-refractivity contribution in [3.8, 4) is 15.8 Å². The highest BCUT2D eigenvalue weighted by Crippen LogP contribution is 2.32. The number of ether oxygens (including phenoxy) is 1. The first kappa shape index (κ1) is 10.6. The SMILES string of the molecule is Cc1nc(-c2ccccn2)sc1OC(=O)O. The fourth-order valence-electron chi connectivity index (χ4n) is 1.16. The summed E-state index contributed by atoms with van der Waals surface area (Å²) in [5.74, 6) is 0. The molecule has 0 aliphatic carbocycles. The minimum Gasteiger partial charge on any atom is -0.449 e. The number of aromatic nitrogens is 2. The maximum absolute atomic E-state index is 10.4. The zero-order valence-corrected chi connectivity index (χ0v) is 9.19. The van der Waals surface area contributed by atoms with Gasteiger partial charge in [-0.15, -0.1) is 0 Å². The predicted octanol–water partition coefficient (Wildman–Crippen LogP) is 2.57. The number of thiazole rings is 1. The Morgan fingerprint density at radius 3 is 2.94 bits per heavy atom. The molecule has 2 rings (SSSR count). The maximum Gasteiger partial charge on any atom is 0.512 e. The molecule has 2 aromatic heterocycles. The summed E-state index contributed by atoms with van der Waals surface area (Å²) in [4.78, 5) is 18.7. The second-order valence-corrected chi connectivity index (χ2v) is 3.94. The molecular weight excluding hydrogens is 228 g/mol. The molecule has 0 amide bonds. The van der Waals surface area contributed by atoms with E-state index < -0.39 is 6.16 Å². The highest BCUT2D eigenvalue weighted by atomic mass is 32.1. The largest absolute Gasteiger partial charge is 0.512 e. The Hall–Kier alpha value is -1.95. The summed E-state index contributed by atoms with van der Waals surface area (Å²) in [6.45, 7) is 1.70. The average molecular weight is 236 g/mol. The Morgan fingerprint density at radius 1 is 1.50 bits per heavy atom. The predicted molar refractivity (Wildman–Crippen MR) is 58.7 cm³/mol. The number of pyridine rings is 1. The van der Waals surface area contributed by atoms with Crippen LogP contribution >= 0.6 is 11.3 Å². The van der Waals surface area contributed by atoms with Crippen LogP contribution < -0.4 is 4.74 Å². The molecule has 82 valence electrons. The van der Waals surface area contributed by atoms with E-state index in [-0.39, 0.29) is 5.06 Å². The smallest absolute Gasteiger partial charge is 0.449 e. The number of nitrogens with zero attached hydrogens (tertiary/aromatic N) is 2. The van der Waals surface area contributed by atoms with E-state index in [0.29, 0.717) is 16.4 Å². The maximum atomic E-state index is 10.4. The third-order valence-electron chi connectivity index (χ3n) is 1.82. The molecule has 0 radical (unpaired) electrons. The summed E-state index contributed by atoms with van der Waals surface area (Å²) in [7, 11) is 0. The van der Waals surface area contributed by atoms with Crippen LogP contribution in [0, 0.1) is 6.92 Å². The van der Waals surface area contributed by atoms with E-state index in [0.717, 1.165) is 11.3 Å². The topological polar surface area (TPSA) is 72.3 Å². The van der Waals surface area contributed by atoms with Gasteiger partial charge in [0, 0.05) is 6.20 Å². The number of rotatable bonds is 2. The summed E-state index contributed by atoms with van der Waals surface area (Å²) < 4.78 is 4.59. The van der Waals surface area contributed by atoms with Crippen LogP contribution in [-0.4, -0.2) is 21.2 Å². The van der Waals surface area contributed by atoms with E-state index in [1.165, 1.54) is 0 Å². The monoisotopic (exact) mass is 236 g/mol. The Kier molecular flexibility index (Phi) is 2.82. The summed E-state index contributed by atoms with van der Waals surface area (Å²) in [5, 5.41) is 9.45. The van der Waals surface area contributed by atoms with E-state index in [1.807, 2.05) is 12.1 Å². The molecule has 0 bridgehead atoms. The van der Waals surface area contributed by atoms with Gasteiger partial charge in [-0.25, -0.2) is 9.78 Å². The summed E-state index contributed by atoms with van der Waals surface area (Å²) in [6, 6.07) is 5.46. The van der Waals surface area contributed by atoms with Gasteiger partial charge in [0.05, 0.1) is 11.4 Å². The van der Waals surface area contributed by atoms with Crippen molar-refractivity contribution in [1.29, 1.82) is 0 Å². The van der Waals surface area contributed by atoms with Crippen molar-refractivity contribution in [2.45, 2.75) is 6.92 Å². The first-order valence-electron chi connectivity index (χ1n) is 4.46. The first-order valence-corrected chi connectivity index (χ1v) is 5.28. The molecule has 0 unspecified atom stereocenters. The van der Waals surface area contributed by atoms with E-state index in [9.17, 15) is 4.79 Å².